The molecule has 14 heavy (non-hydrogen) atoms. The number of esters is 1. The average Bonchev–Trinajstić information content (AvgIpc) is 2.02. The number of carbonyl (C=O) groups is 1. The summed E-state index contributed by atoms with van der Waals surface area (Å²) in [7, 11) is 0. The van der Waals surface area contributed by atoms with E-state index in [1.807, 2.05) is 27.7 Å². The zero-order valence-electron chi connectivity index (χ0n) is 9.29. The number of carbonyl (C=O) groups excluding carboxylic acids is 1. The summed E-state index contributed by atoms with van der Waals surface area (Å²) in [4.78, 5) is 10.8. The van der Waals surface area contributed by atoms with E-state index < -0.39 is 0 Å². The molecule has 84 valence electrons. The van der Waals surface area contributed by atoms with Crippen LogP contribution < -0.4 is 6.15 Å². The van der Waals surface area contributed by atoms with Crippen LogP contribution in [0.15, 0.2) is 23.8 Å². The van der Waals surface area contributed by atoms with Crippen molar-refractivity contribution in [3.8, 4) is 0 Å². The minimum absolute atomic E-state index is 0. The van der Waals surface area contributed by atoms with Gasteiger partial charge in [0.1, 0.15) is 6.10 Å². The number of hydrogen-bond donors (Lipinski definition) is 1. The minimum atomic E-state index is -0.372. The Morgan fingerprint density at radius 2 is 1.79 bits per heavy atom. The average molecular weight is 222 g/mol. The first-order valence-electron chi connectivity index (χ1n) is 3.96. The van der Waals surface area contributed by atoms with E-state index in [-0.39, 0.29) is 30.6 Å². The summed E-state index contributed by atoms with van der Waals surface area (Å²) in [5.41, 5.74) is 2.27. The molecule has 0 saturated carbocycles. The molecular formula is C10H20ClNO2. The van der Waals surface area contributed by atoms with Crippen LogP contribution >= 0.6 is 12.4 Å². The molecule has 0 radical (unpaired) electrons. The van der Waals surface area contributed by atoms with Gasteiger partial charge in [0, 0.05) is 6.08 Å². The number of hydrogen-bond acceptors (Lipinski definition) is 3. The molecule has 0 aromatic heterocycles. The predicted molar refractivity (Wildman–Crippen MR) is 62.1 cm³/mol. The van der Waals surface area contributed by atoms with E-state index in [1.54, 1.807) is 0 Å². The van der Waals surface area contributed by atoms with Crippen LogP contribution in [-0.4, -0.2) is 12.1 Å². The van der Waals surface area contributed by atoms with E-state index >= 15 is 0 Å². The summed E-state index contributed by atoms with van der Waals surface area (Å²) in [6, 6.07) is 0. The van der Waals surface area contributed by atoms with Gasteiger partial charge >= 0.3 is 5.97 Å². The summed E-state index contributed by atoms with van der Waals surface area (Å²) in [6.07, 6.45) is 1.02. The second-order valence-corrected chi connectivity index (χ2v) is 2.97. The fourth-order valence-corrected chi connectivity index (χ4v) is 0.717. The normalized spacial score (nSPS) is 10.0. The molecule has 0 spiro atoms. The van der Waals surface area contributed by atoms with Crippen molar-refractivity contribution in [1.82, 2.24) is 6.15 Å². The van der Waals surface area contributed by atoms with Crippen LogP contribution in [0.4, 0.5) is 0 Å². The molecule has 3 nitrogen and oxygen atoms in total. The Hall–Kier alpha value is -0.800. The van der Waals surface area contributed by atoms with Gasteiger partial charge in [0.15, 0.2) is 0 Å². The van der Waals surface area contributed by atoms with E-state index in [1.165, 1.54) is 11.6 Å². The van der Waals surface area contributed by atoms with Crippen LogP contribution in [0, 0.1) is 0 Å². The lowest BCUT2D eigenvalue weighted by molar-refractivity contribution is -0.140. The molecule has 0 fully saturated rings. The van der Waals surface area contributed by atoms with Gasteiger partial charge in [-0.25, -0.2) is 4.79 Å². The zero-order chi connectivity index (χ0) is 9.72. The number of ether oxygens (including phenoxy) is 1. The lowest BCUT2D eigenvalue weighted by Gasteiger charge is -2.13. The van der Waals surface area contributed by atoms with Crippen LogP contribution in [-0.2, 0) is 9.53 Å². The molecule has 4 heteroatoms. The number of allylic oxidation sites excluding steroid dienone is 1. The quantitative estimate of drug-likeness (QED) is 0.453. The molecule has 1 unspecified atom stereocenters. The van der Waals surface area contributed by atoms with E-state index in [9.17, 15) is 4.79 Å². The minimum Gasteiger partial charge on any atom is -0.455 e. The third-order valence-corrected chi connectivity index (χ3v) is 1.86. The van der Waals surface area contributed by atoms with Gasteiger partial charge in [-0.15, -0.1) is 12.4 Å². The molecule has 0 amide bonds. The zero-order valence-corrected chi connectivity index (χ0v) is 10.1. The lowest BCUT2D eigenvalue weighted by Crippen LogP contribution is -2.14. The molecule has 0 bridgehead atoms. The largest absolute Gasteiger partial charge is 0.455 e. The van der Waals surface area contributed by atoms with Crippen molar-refractivity contribution >= 4 is 18.4 Å². The van der Waals surface area contributed by atoms with Gasteiger partial charge in [-0.3, -0.25) is 0 Å². The lowest BCUT2D eigenvalue weighted by atomic mass is 10.1. The number of rotatable bonds is 3. The van der Waals surface area contributed by atoms with Crippen LogP contribution in [0.3, 0.4) is 0 Å². The van der Waals surface area contributed by atoms with Crippen molar-refractivity contribution in [3.63, 3.8) is 0 Å². The monoisotopic (exact) mass is 221 g/mol. The molecule has 0 aromatic carbocycles. The van der Waals surface area contributed by atoms with E-state index in [0.717, 1.165) is 5.57 Å². The Morgan fingerprint density at radius 1 is 1.36 bits per heavy atom. The first-order chi connectivity index (χ1) is 5.49. The molecule has 0 aliphatic heterocycles. The van der Waals surface area contributed by atoms with Crippen LogP contribution in [0.5, 0.6) is 0 Å². The SMILES string of the molecule is C=CC(=O)OC(C)C(C)=C(C)C.Cl.N. The second kappa shape index (κ2) is 8.78. The molecule has 1 atom stereocenters. The summed E-state index contributed by atoms with van der Waals surface area (Å²) in [5.74, 6) is -0.372. The first kappa shape index (κ1) is 18.9. The Balaban J connectivity index is -0.000000605. The molecule has 0 rings (SSSR count). The highest BCUT2D eigenvalue weighted by Crippen LogP contribution is 2.10. The maximum atomic E-state index is 10.8. The van der Waals surface area contributed by atoms with E-state index in [2.05, 4.69) is 6.58 Å². The summed E-state index contributed by atoms with van der Waals surface area (Å²) in [6.45, 7) is 11.1. The van der Waals surface area contributed by atoms with E-state index in [0.29, 0.717) is 0 Å². The molecule has 0 heterocycles. The van der Waals surface area contributed by atoms with Crippen molar-refractivity contribution in [2.75, 3.05) is 0 Å². The molecule has 3 N–H and O–H groups in total. The Bertz CT molecular complexity index is 220. The van der Waals surface area contributed by atoms with Crippen molar-refractivity contribution in [2.45, 2.75) is 33.8 Å². The van der Waals surface area contributed by atoms with Gasteiger partial charge < -0.3 is 10.9 Å². The highest BCUT2D eigenvalue weighted by molar-refractivity contribution is 5.85. The first-order valence-corrected chi connectivity index (χ1v) is 3.96. The van der Waals surface area contributed by atoms with Gasteiger partial charge in [0.25, 0.3) is 0 Å². The standard InChI is InChI=1S/C10H16O2.ClH.H3N/c1-6-10(11)12-9(5)8(4)7(2)3;;/h6,9H,1H2,2-5H3;1H;1H3. The van der Waals surface area contributed by atoms with Crippen molar-refractivity contribution in [2.24, 2.45) is 0 Å². The second-order valence-electron chi connectivity index (χ2n) is 2.97. The highest BCUT2D eigenvalue weighted by Gasteiger charge is 2.08. The summed E-state index contributed by atoms with van der Waals surface area (Å²) >= 11 is 0. The van der Waals surface area contributed by atoms with Crippen molar-refractivity contribution in [1.29, 1.82) is 0 Å². The molecular weight excluding hydrogens is 202 g/mol. The summed E-state index contributed by atoms with van der Waals surface area (Å²) < 4.78 is 5.01. The summed E-state index contributed by atoms with van der Waals surface area (Å²) in [5, 5.41) is 0. The number of halogens is 1. The molecule has 0 aliphatic rings. The van der Waals surface area contributed by atoms with Crippen LogP contribution in [0.2, 0.25) is 0 Å². The fourth-order valence-electron chi connectivity index (χ4n) is 0.717. The molecule has 0 aliphatic carbocycles. The van der Waals surface area contributed by atoms with Gasteiger partial charge in [0.05, 0.1) is 0 Å². The topological polar surface area (TPSA) is 61.3 Å². The van der Waals surface area contributed by atoms with Crippen molar-refractivity contribution in [3.05, 3.63) is 23.8 Å². The maximum absolute atomic E-state index is 10.8. The predicted octanol–water partition coefficient (Wildman–Crippen LogP) is 3.04. The van der Waals surface area contributed by atoms with Gasteiger partial charge in [0.2, 0.25) is 0 Å². The molecule has 0 saturated heterocycles. The smallest absolute Gasteiger partial charge is 0.330 e. The Labute approximate surface area is 92.2 Å². The fraction of sp³-hybridized carbons (Fsp3) is 0.500. The highest BCUT2D eigenvalue weighted by atomic mass is 35.5. The third-order valence-electron chi connectivity index (χ3n) is 1.86. The van der Waals surface area contributed by atoms with Gasteiger partial charge in [-0.2, -0.15) is 0 Å². The third kappa shape index (κ3) is 6.69. The van der Waals surface area contributed by atoms with E-state index in [4.69, 9.17) is 4.74 Å². The van der Waals surface area contributed by atoms with Gasteiger partial charge in [-0.05, 0) is 33.3 Å². The van der Waals surface area contributed by atoms with Crippen LogP contribution in [0.25, 0.3) is 0 Å². The Kier molecular flexibility index (Phi) is 11.8. The van der Waals surface area contributed by atoms with Gasteiger partial charge in [-0.1, -0.05) is 12.2 Å². The van der Waals surface area contributed by atoms with Crippen molar-refractivity contribution < 1.29 is 9.53 Å². The Morgan fingerprint density at radius 3 is 2.07 bits per heavy atom. The maximum Gasteiger partial charge on any atom is 0.330 e. The van der Waals surface area contributed by atoms with Crippen LogP contribution in [0.1, 0.15) is 27.7 Å². The molecule has 0 aromatic rings.